The summed E-state index contributed by atoms with van der Waals surface area (Å²) >= 11 is 0. The van der Waals surface area contributed by atoms with Gasteiger partial charge in [-0.1, -0.05) is 17.7 Å². The fraction of sp³-hybridized carbons (Fsp3) is 0.179. The standard InChI is InChI=1S/C39H35N3O15/c1-20-7-6-8-24(17-20)34(45)40-27-13-9-23(10-14-27)35(46)41-42-36(47)32(56-38(50)25-11-15-28(54-21(2)43)30(18-25)52-4)33(37(48)49)57-39(51)26-12-16-29(55-22(3)44)31(19-26)53-5/h6-19,32-33H,1-5H3,(H,40,45)(H,41,46)(H,42,47)(H,48,49)/t32-,33-/m0/s1. The second-order valence-electron chi connectivity index (χ2n) is 11.8. The minimum atomic E-state index is -2.53. The molecule has 0 fully saturated rings. The summed E-state index contributed by atoms with van der Waals surface area (Å²) in [6.45, 7) is 4.09. The van der Waals surface area contributed by atoms with E-state index in [4.69, 9.17) is 28.4 Å². The van der Waals surface area contributed by atoms with E-state index in [1.807, 2.05) is 18.4 Å². The Labute approximate surface area is 323 Å². The number of anilines is 1. The Morgan fingerprint density at radius 2 is 1.07 bits per heavy atom. The first-order valence-electron chi connectivity index (χ1n) is 16.6. The first kappa shape index (κ1) is 42.0. The zero-order chi connectivity index (χ0) is 41.8. The van der Waals surface area contributed by atoms with Crippen LogP contribution in [0, 0.1) is 6.92 Å². The molecule has 3 amide bonds. The van der Waals surface area contributed by atoms with Gasteiger partial charge in [0.25, 0.3) is 17.7 Å². The lowest BCUT2D eigenvalue weighted by Gasteiger charge is -2.24. The summed E-state index contributed by atoms with van der Waals surface area (Å²) in [6, 6.07) is 19.1. The highest BCUT2D eigenvalue weighted by Gasteiger charge is 2.41. The Kier molecular flexibility index (Phi) is 14.0. The molecule has 0 aromatic heterocycles. The zero-order valence-electron chi connectivity index (χ0n) is 30.9. The number of ether oxygens (including phenoxy) is 6. The summed E-state index contributed by atoms with van der Waals surface area (Å²) in [6.07, 6.45) is -4.99. The van der Waals surface area contributed by atoms with E-state index in [1.54, 1.807) is 18.2 Å². The molecule has 296 valence electrons. The number of carbonyl (C=O) groups is 8. The number of aliphatic carboxylic acids is 1. The number of hydrogen-bond acceptors (Lipinski definition) is 14. The SMILES string of the molecule is COc1cc(C(=O)O[C@H](C(=O)O)[C@H](OC(=O)c2ccc(OC(C)=O)c(OC)c2)C(=O)NNC(=O)c2ccc(NC(=O)c3cccc(C)c3)cc2)ccc1OC(C)=O. The van der Waals surface area contributed by atoms with Gasteiger partial charge in [0.15, 0.2) is 23.0 Å². The smallest absolute Gasteiger partial charge is 0.349 e. The Balaban J connectivity index is 1.57. The van der Waals surface area contributed by atoms with Gasteiger partial charge in [-0.3, -0.25) is 34.8 Å². The van der Waals surface area contributed by atoms with E-state index >= 15 is 0 Å². The van der Waals surface area contributed by atoms with Crippen LogP contribution in [0.5, 0.6) is 23.0 Å². The van der Waals surface area contributed by atoms with Crippen LogP contribution >= 0.6 is 0 Å². The maximum absolute atomic E-state index is 13.5. The second kappa shape index (κ2) is 19.0. The number of methoxy groups -OCH3 is 2. The van der Waals surface area contributed by atoms with Crippen molar-refractivity contribution in [2.24, 2.45) is 0 Å². The van der Waals surface area contributed by atoms with Crippen molar-refractivity contribution in [3.05, 3.63) is 113 Å². The summed E-state index contributed by atoms with van der Waals surface area (Å²) in [4.78, 5) is 101. The van der Waals surface area contributed by atoms with E-state index in [0.29, 0.717) is 11.3 Å². The molecule has 0 aliphatic carbocycles. The topological polar surface area (TPSA) is 248 Å². The molecule has 4 aromatic rings. The molecule has 2 atom stereocenters. The van der Waals surface area contributed by atoms with E-state index < -0.39 is 59.8 Å². The number of nitrogens with one attached hydrogen (secondary N) is 3. The average molecular weight is 786 g/mol. The lowest BCUT2D eigenvalue weighted by molar-refractivity contribution is -0.159. The zero-order valence-corrected chi connectivity index (χ0v) is 30.9. The van der Waals surface area contributed by atoms with Crippen LogP contribution in [0.4, 0.5) is 5.69 Å². The average Bonchev–Trinajstić information content (AvgIpc) is 3.17. The summed E-state index contributed by atoms with van der Waals surface area (Å²) in [5.41, 5.74) is 5.00. The third-order valence-electron chi connectivity index (χ3n) is 7.54. The number of aryl methyl sites for hydroxylation is 1. The molecule has 4 rings (SSSR count). The molecular formula is C39H35N3O15. The van der Waals surface area contributed by atoms with Crippen LogP contribution < -0.4 is 35.1 Å². The van der Waals surface area contributed by atoms with Gasteiger partial charge in [0.2, 0.25) is 12.2 Å². The molecule has 0 aliphatic rings. The third-order valence-corrected chi connectivity index (χ3v) is 7.54. The van der Waals surface area contributed by atoms with Crippen LogP contribution in [0.25, 0.3) is 0 Å². The number of rotatable bonds is 14. The minimum absolute atomic E-state index is 0.0234. The van der Waals surface area contributed by atoms with Crippen molar-refractivity contribution in [1.82, 2.24) is 10.9 Å². The number of carboxylic acid groups (broad SMARTS) is 1. The van der Waals surface area contributed by atoms with Crippen molar-refractivity contribution in [1.29, 1.82) is 0 Å². The molecule has 4 N–H and O–H groups in total. The fourth-order valence-corrected chi connectivity index (χ4v) is 4.88. The van der Waals surface area contributed by atoms with Crippen molar-refractivity contribution < 1.29 is 71.9 Å². The number of hydrogen-bond donors (Lipinski definition) is 4. The minimum Gasteiger partial charge on any atom is -0.493 e. The monoisotopic (exact) mass is 785 g/mol. The second-order valence-corrected chi connectivity index (χ2v) is 11.8. The Morgan fingerprint density at radius 3 is 1.54 bits per heavy atom. The summed E-state index contributed by atoms with van der Waals surface area (Å²) in [5, 5.41) is 12.8. The van der Waals surface area contributed by atoms with Crippen LogP contribution in [-0.2, 0) is 28.7 Å². The lowest BCUT2D eigenvalue weighted by Crippen LogP contribution is -2.54. The lowest BCUT2D eigenvalue weighted by atomic mass is 10.1. The van der Waals surface area contributed by atoms with E-state index in [-0.39, 0.29) is 39.7 Å². The van der Waals surface area contributed by atoms with E-state index in [9.17, 15) is 43.5 Å². The molecule has 0 aliphatic heterocycles. The molecular weight excluding hydrogens is 750 g/mol. The summed E-state index contributed by atoms with van der Waals surface area (Å²) in [7, 11) is 2.41. The van der Waals surface area contributed by atoms with Gasteiger partial charge in [0, 0.05) is 30.7 Å². The first-order chi connectivity index (χ1) is 27.1. The fourth-order valence-electron chi connectivity index (χ4n) is 4.88. The van der Waals surface area contributed by atoms with Crippen LogP contribution in [-0.4, -0.2) is 79.1 Å². The van der Waals surface area contributed by atoms with Crippen LogP contribution in [0.3, 0.4) is 0 Å². The summed E-state index contributed by atoms with van der Waals surface area (Å²) in [5.74, 6) is -9.14. The van der Waals surface area contributed by atoms with E-state index in [2.05, 4.69) is 10.7 Å². The van der Waals surface area contributed by atoms with Gasteiger partial charge in [-0.2, -0.15) is 0 Å². The molecule has 0 saturated carbocycles. The Hall–Kier alpha value is -7.76. The highest BCUT2D eigenvalue weighted by atomic mass is 16.6. The molecule has 0 bridgehead atoms. The maximum atomic E-state index is 13.5. The number of carbonyl (C=O) groups excluding carboxylic acids is 7. The quantitative estimate of drug-likeness (QED) is 0.0813. The molecule has 57 heavy (non-hydrogen) atoms. The molecule has 18 heteroatoms. The van der Waals surface area contributed by atoms with Gasteiger partial charge in [-0.15, -0.1) is 0 Å². The number of benzene rings is 4. The number of esters is 4. The molecule has 4 aromatic carbocycles. The molecule has 0 heterocycles. The predicted octanol–water partition coefficient (Wildman–Crippen LogP) is 3.41. The van der Waals surface area contributed by atoms with Crippen molar-refractivity contribution >= 4 is 53.3 Å². The third kappa shape index (κ3) is 11.4. The van der Waals surface area contributed by atoms with E-state index in [0.717, 1.165) is 43.7 Å². The number of amides is 3. The van der Waals surface area contributed by atoms with Gasteiger partial charge in [0.1, 0.15) is 0 Å². The normalized spacial score (nSPS) is 11.4. The molecule has 0 saturated heterocycles. The van der Waals surface area contributed by atoms with Crippen molar-refractivity contribution in [3.63, 3.8) is 0 Å². The van der Waals surface area contributed by atoms with Crippen LogP contribution in [0.2, 0.25) is 0 Å². The molecule has 0 unspecified atom stereocenters. The summed E-state index contributed by atoms with van der Waals surface area (Å²) < 4.78 is 30.7. The highest BCUT2D eigenvalue weighted by molar-refractivity contribution is 6.05. The van der Waals surface area contributed by atoms with Gasteiger partial charge in [0.05, 0.1) is 25.3 Å². The predicted molar refractivity (Wildman–Crippen MR) is 196 cm³/mol. The van der Waals surface area contributed by atoms with Gasteiger partial charge >= 0.3 is 29.8 Å². The molecule has 0 radical (unpaired) electrons. The number of carboxylic acids is 1. The first-order valence-corrected chi connectivity index (χ1v) is 16.6. The highest BCUT2D eigenvalue weighted by Crippen LogP contribution is 2.30. The van der Waals surface area contributed by atoms with Gasteiger partial charge in [-0.25, -0.2) is 14.4 Å². The Morgan fingerprint density at radius 1 is 0.561 bits per heavy atom. The van der Waals surface area contributed by atoms with Crippen molar-refractivity contribution in [2.45, 2.75) is 33.0 Å². The Bertz CT molecular complexity index is 2220. The van der Waals surface area contributed by atoms with Gasteiger partial charge in [-0.05, 0) is 79.7 Å². The van der Waals surface area contributed by atoms with Crippen LogP contribution in [0.1, 0.15) is 60.8 Å². The van der Waals surface area contributed by atoms with E-state index in [1.165, 1.54) is 50.6 Å². The largest absolute Gasteiger partial charge is 0.493 e. The van der Waals surface area contributed by atoms with Crippen LogP contribution in [0.15, 0.2) is 84.9 Å². The maximum Gasteiger partial charge on any atom is 0.349 e. The molecule has 0 spiro atoms. The number of hydrazine groups is 1. The van der Waals surface area contributed by atoms with Crippen molar-refractivity contribution in [3.8, 4) is 23.0 Å². The molecule has 18 nitrogen and oxygen atoms in total. The van der Waals surface area contributed by atoms with Crippen molar-refractivity contribution in [2.75, 3.05) is 19.5 Å². The van der Waals surface area contributed by atoms with Gasteiger partial charge < -0.3 is 38.8 Å².